The minimum Gasteiger partial charge on any atom is -0.227 e. The van der Waals surface area contributed by atoms with Gasteiger partial charge in [-0.05, 0) is 17.9 Å². The lowest BCUT2D eigenvalue weighted by atomic mass is 10.3. The molecule has 120 valence electrons. The van der Waals surface area contributed by atoms with Crippen molar-refractivity contribution in [3.63, 3.8) is 0 Å². The zero-order valence-corrected chi connectivity index (χ0v) is 15.6. The van der Waals surface area contributed by atoms with Crippen LogP contribution in [0.3, 0.4) is 0 Å². The van der Waals surface area contributed by atoms with Crippen molar-refractivity contribution in [2.24, 2.45) is 0 Å². The van der Waals surface area contributed by atoms with Gasteiger partial charge in [-0.15, -0.1) is 22.9 Å². The van der Waals surface area contributed by atoms with Crippen LogP contribution in [0.5, 0.6) is 0 Å². The molecule has 1 fully saturated rings. The third kappa shape index (κ3) is 3.42. The Balaban J connectivity index is 2.53. The van der Waals surface area contributed by atoms with Crippen molar-refractivity contribution >= 4 is 54.6 Å². The van der Waals surface area contributed by atoms with Gasteiger partial charge in [-0.25, -0.2) is 16.8 Å². The molecule has 0 aromatic carbocycles. The molecule has 0 radical (unpaired) electrons. The van der Waals surface area contributed by atoms with Gasteiger partial charge in [0.2, 0.25) is 10.0 Å². The fraction of sp³-hybridized carbons (Fsp3) is 0.636. The van der Waals surface area contributed by atoms with Crippen molar-refractivity contribution in [3.8, 4) is 0 Å². The number of thiophene rings is 1. The van der Waals surface area contributed by atoms with Gasteiger partial charge >= 0.3 is 0 Å². The Morgan fingerprint density at radius 1 is 1.38 bits per heavy atom. The van der Waals surface area contributed by atoms with E-state index in [-0.39, 0.29) is 23.1 Å². The molecule has 0 bridgehead atoms. The van der Waals surface area contributed by atoms with Crippen LogP contribution in [0.25, 0.3) is 0 Å². The molecule has 1 saturated heterocycles. The topological polar surface area (TPSA) is 71.5 Å². The van der Waals surface area contributed by atoms with Gasteiger partial charge in [-0.3, -0.25) is 0 Å². The molecule has 1 aromatic heterocycles. The van der Waals surface area contributed by atoms with Crippen LogP contribution in [0, 0.1) is 6.92 Å². The van der Waals surface area contributed by atoms with E-state index in [2.05, 4.69) is 0 Å². The van der Waals surface area contributed by atoms with Crippen molar-refractivity contribution in [2.75, 3.05) is 24.3 Å². The van der Waals surface area contributed by atoms with Gasteiger partial charge in [0.25, 0.3) is 0 Å². The highest BCUT2D eigenvalue weighted by atomic mass is 35.5. The normalized spacial score (nSPS) is 21.6. The number of rotatable bonds is 4. The van der Waals surface area contributed by atoms with Gasteiger partial charge in [-0.2, -0.15) is 16.1 Å². The molecular weight excluding hydrogens is 374 g/mol. The van der Waals surface area contributed by atoms with Gasteiger partial charge in [0.1, 0.15) is 10.3 Å². The smallest absolute Gasteiger partial charge is 0.227 e. The summed E-state index contributed by atoms with van der Waals surface area (Å²) >= 11 is 8.56. The summed E-state index contributed by atoms with van der Waals surface area (Å²) in [5.41, 5.74) is 0.612. The Kier molecular flexibility index (Phi) is 5.32. The third-order valence-electron chi connectivity index (χ3n) is 3.21. The number of halogens is 1. The Hall–Kier alpha value is 0.200. The molecule has 1 atom stereocenters. The molecule has 21 heavy (non-hydrogen) atoms. The molecule has 0 N–H and O–H groups in total. The highest BCUT2D eigenvalue weighted by Gasteiger charge is 2.41. The first-order valence-electron chi connectivity index (χ1n) is 6.11. The largest absolute Gasteiger partial charge is 0.245 e. The van der Waals surface area contributed by atoms with E-state index < -0.39 is 25.2 Å². The summed E-state index contributed by atoms with van der Waals surface area (Å²) in [6.45, 7) is 1.90. The molecule has 2 rings (SSSR count). The van der Waals surface area contributed by atoms with Gasteiger partial charge in [0.15, 0.2) is 9.84 Å². The number of hydrogen-bond acceptors (Lipinski definition) is 6. The van der Waals surface area contributed by atoms with Crippen LogP contribution >= 0.6 is 34.7 Å². The molecular formula is C11H16ClNO4S4. The molecule has 1 unspecified atom stereocenters. The number of aryl methyl sites for hydroxylation is 1. The highest BCUT2D eigenvalue weighted by molar-refractivity contribution is 8.01. The van der Waals surface area contributed by atoms with E-state index in [1.165, 1.54) is 23.1 Å². The second-order valence-electron chi connectivity index (χ2n) is 4.78. The molecule has 1 aliphatic rings. The molecule has 5 nitrogen and oxygen atoms in total. The Labute approximate surface area is 138 Å². The van der Waals surface area contributed by atoms with Crippen LogP contribution < -0.4 is 0 Å². The molecule has 1 aliphatic heterocycles. The lowest BCUT2D eigenvalue weighted by Crippen LogP contribution is -2.49. The maximum atomic E-state index is 12.9. The first kappa shape index (κ1) is 17.6. The summed E-state index contributed by atoms with van der Waals surface area (Å²) in [6.07, 6.45) is 1.08. The second-order valence-corrected chi connectivity index (χ2v) is 11.2. The summed E-state index contributed by atoms with van der Waals surface area (Å²) in [6, 6.07) is 0. The van der Waals surface area contributed by atoms with E-state index in [0.29, 0.717) is 16.2 Å². The lowest BCUT2D eigenvalue weighted by Gasteiger charge is -2.33. The Bertz CT molecular complexity index is 725. The van der Waals surface area contributed by atoms with E-state index in [0.717, 1.165) is 10.6 Å². The SMILES string of the molecule is Cc1csc(CCl)c1S(=O)(=O)N1CCSCC1S(C)(=O)=O. The van der Waals surface area contributed by atoms with E-state index in [4.69, 9.17) is 11.6 Å². The first-order chi connectivity index (χ1) is 9.69. The average Bonchev–Trinajstić information content (AvgIpc) is 2.79. The summed E-state index contributed by atoms with van der Waals surface area (Å²) in [4.78, 5) is 0.725. The zero-order chi connectivity index (χ0) is 15.8. The molecule has 0 amide bonds. The lowest BCUT2D eigenvalue weighted by molar-refractivity contribution is 0.404. The fourth-order valence-electron chi connectivity index (χ4n) is 2.22. The number of alkyl halides is 1. The first-order valence-corrected chi connectivity index (χ1v) is 12.1. The van der Waals surface area contributed by atoms with Gasteiger partial charge < -0.3 is 0 Å². The Morgan fingerprint density at radius 3 is 2.62 bits per heavy atom. The van der Waals surface area contributed by atoms with Crippen molar-refractivity contribution in [1.29, 1.82) is 0 Å². The van der Waals surface area contributed by atoms with E-state index >= 15 is 0 Å². The number of sulfone groups is 1. The van der Waals surface area contributed by atoms with Crippen molar-refractivity contribution in [3.05, 3.63) is 15.8 Å². The Morgan fingerprint density at radius 2 is 2.05 bits per heavy atom. The highest BCUT2D eigenvalue weighted by Crippen LogP contribution is 2.34. The molecule has 10 heteroatoms. The van der Waals surface area contributed by atoms with Crippen molar-refractivity contribution < 1.29 is 16.8 Å². The summed E-state index contributed by atoms with van der Waals surface area (Å²) in [5.74, 6) is 0.946. The van der Waals surface area contributed by atoms with E-state index in [9.17, 15) is 16.8 Å². The van der Waals surface area contributed by atoms with E-state index in [1.54, 1.807) is 12.3 Å². The third-order valence-corrected chi connectivity index (χ3v) is 9.78. The van der Waals surface area contributed by atoms with E-state index in [1.807, 2.05) is 0 Å². The van der Waals surface area contributed by atoms with Crippen LogP contribution in [0.1, 0.15) is 10.4 Å². The van der Waals surface area contributed by atoms with Crippen LogP contribution in [-0.2, 0) is 25.7 Å². The monoisotopic (exact) mass is 389 g/mol. The second kappa shape index (κ2) is 6.37. The standard InChI is InChI=1S/C11H16ClNO4S4/c1-8-6-19-9(5-12)11(8)21(16,17)13-3-4-18-7-10(13)20(2,14)15/h6,10H,3-5,7H2,1-2H3. The molecule has 1 aromatic rings. The molecule has 0 saturated carbocycles. The van der Waals surface area contributed by atoms with Crippen LogP contribution in [0.15, 0.2) is 10.3 Å². The predicted molar refractivity (Wildman–Crippen MR) is 88.5 cm³/mol. The molecule has 2 heterocycles. The fourth-order valence-corrected chi connectivity index (χ4v) is 9.40. The number of sulfonamides is 1. The minimum absolute atomic E-state index is 0.0964. The van der Waals surface area contributed by atoms with Gasteiger partial charge in [0.05, 0.1) is 5.88 Å². The minimum atomic E-state index is -3.86. The average molecular weight is 390 g/mol. The maximum absolute atomic E-state index is 12.9. The van der Waals surface area contributed by atoms with Crippen LogP contribution in [-0.4, -0.2) is 50.8 Å². The quantitative estimate of drug-likeness (QED) is 0.735. The predicted octanol–water partition coefficient (Wildman–Crippen LogP) is 1.90. The number of nitrogens with zero attached hydrogens (tertiary/aromatic N) is 1. The number of hydrogen-bond donors (Lipinski definition) is 0. The summed E-state index contributed by atoms with van der Waals surface area (Å²) in [7, 11) is -7.34. The molecule has 0 spiro atoms. The van der Waals surface area contributed by atoms with Crippen molar-refractivity contribution in [2.45, 2.75) is 23.1 Å². The van der Waals surface area contributed by atoms with Crippen LogP contribution in [0.4, 0.5) is 0 Å². The summed E-state index contributed by atoms with van der Waals surface area (Å²) < 4.78 is 50.7. The van der Waals surface area contributed by atoms with Gasteiger partial charge in [0, 0.05) is 29.2 Å². The van der Waals surface area contributed by atoms with Crippen LogP contribution in [0.2, 0.25) is 0 Å². The summed E-state index contributed by atoms with van der Waals surface area (Å²) in [5, 5.41) is 0.724. The van der Waals surface area contributed by atoms with Gasteiger partial charge in [-0.1, -0.05) is 0 Å². The van der Waals surface area contributed by atoms with Crippen molar-refractivity contribution in [1.82, 2.24) is 4.31 Å². The maximum Gasteiger partial charge on any atom is 0.245 e. The number of thioether (sulfide) groups is 1. The zero-order valence-electron chi connectivity index (χ0n) is 11.6. The molecule has 0 aliphatic carbocycles.